The summed E-state index contributed by atoms with van der Waals surface area (Å²) in [6.07, 6.45) is -0.843. The van der Waals surface area contributed by atoms with Crippen LogP contribution >= 0.6 is 0 Å². The number of carbonyl (C=O) groups is 1. The van der Waals surface area contributed by atoms with Crippen molar-refractivity contribution in [2.45, 2.75) is 6.10 Å². The quantitative estimate of drug-likeness (QED) is 0.568. The number of hydrogen-bond acceptors (Lipinski definition) is 4. The van der Waals surface area contributed by atoms with Crippen LogP contribution in [0.15, 0.2) is 18.2 Å². The molecule has 1 aromatic rings. The minimum atomic E-state index is -0.981. The van der Waals surface area contributed by atoms with Crippen LogP contribution in [0.3, 0.4) is 0 Å². The summed E-state index contributed by atoms with van der Waals surface area (Å²) in [6.45, 7) is 0.270. The number of anilines is 2. The zero-order chi connectivity index (χ0) is 10.1. The standard InChI is InChI=1S/C9H10N2O3/c10-5-1-2-6-7(3-5)14-8(4-11-6)9(12)13/h1-3,8,11H,4,10H2,(H,12,13). The van der Waals surface area contributed by atoms with Crippen molar-refractivity contribution >= 4 is 17.3 Å². The van der Waals surface area contributed by atoms with Crippen molar-refractivity contribution in [3.8, 4) is 5.75 Å². The van der Waals surface area contributed by atoms with Crippen LogP contribution in [0.25, 0.3) is 0 Å². The van der Waals surface area contributed by atoms with E-state index in [1.165, 1.54) is 0 Å². The Morgan fingerprint density at radius 3 is 3.14 bits per heavy atom. The van der Waals surface area contributed by atoms with Gasteiger partial charge in [-0.15, -0.1) is 0 Å². The Balaban J connectivity index is 2.29. The van der Waals surface area contributed by atoms with Gasteiger partial charge in [0.05, 0.1) is 12.2 Å². The maximum atomic E-state index is 10.7. The van der Waals surface area contributed by atoms with Gasteiger partial charge in [0.15, 0.2) is 0 Å². The molecule has 1 atom stereocenters. The van der Waals surface area contributed by atoms with Crippen molar-refractivity contribution in [3.05, 3.63) is 18.2 Å². The predicted octanol–water partition coefficient (Wildman–Crippen LogP) is 0.526. The minimum absolute atomic E-state index is 0.270. The summed E-state index contributed by atoms with van der Waals surface area (Å²) in [6, 6.07) is 5.11. The normalized spacial score (nSPS) is 19.0. The van der Waals surface area contributed by atoms with Gasteiger partial charge in [0.2, 0.25) is 6.10 Å². The van der Waals surface area contributed by atoms with Crippen molar-refractivity contribution in [1.29, 1.82) is 0 Å². The minimum Gasteiger partial charge on any atom is -0.478 e. The molecule has 5 nitrogen and oxygen atoms in total. The van der Waals surface area contributed by atoms with Crippen LogP contribution in [-0.4, -0.2) is 23.7 Å². The molecule has 1 unspecified atom stereocenters. The van der Waals surface area contributed by atoms with E-state index in [0.717, 1.165) is 5.69 Å². The summed E-state index contributed by atoms with van der Waals surface area (Å²) in [7, 11) is 0. The van der Waals surface area contributed by atoms with E-state index in [9.17, 15) is 4.79 Å². The van der Waals surface area contributed by atoms with Crippen LogP contribution in [0.4, 0.5) is 11.4 Å². The molecule has 4 N–H and O–H groups in total. The Morgan fingerprint density at radius 2 is 2.43 bits per heavy atom. The molecule has 0 saturated heterocycles. The molecule has 0 spiro atoms. The number of nitrogen functional groups attached to an aromatic ring is 1. The van der Waals surface area contributed by atoms with E-state index in [4.69, 9.17) is 15.6 Å². The topological polar surface area (TPSA) is 84.6 Å². The molecule has 1 aliphatic heterocycles. The summed E-state index contributed by atoms with van der Waals surface area (Å²) >= 11 is 0. The van der Waals surface area contributed by atoms with Crippen molar-refractivity contribution in [1.82, 2.24) is 0 Å². The first-order valence-electron chi connectivity index (χ1n) is 4.19. The predicted molar refractivity (Wildman–Crippen MR) is 51.4 cm³/mol. The van der Waals surface area contributed by atoms with E-state index in [1.54, 1.807) is 18.2 Å². The van der Waals surface area contributed by atoms with Crippen LogP contribution in [-0.2, 0) is 4.79 Å². The highest BCUT2D eigenvalue weighted by Gasteiger charge is 2.25. The average Bonchev–Trinajstić information content (AvgIpc) is 2.16. The van der Waals surface area contributed by atoms with Crippen LogP contribution in [0.5, 0.6) is 5.75 Å². The second-order valence-corrected chi connectivity index (χ2v) is 3.08. The molecule has 0 aliphatic carbocycles. The number of fused-ring (bicyclic) bond motifs is 1. The summed E-state index contributed by atoms with van der Waals surface area (Å²) in [4.78, 5) is 10.7. The van der Waals surface area contributed by atoms with Crippen LogP contribution < -0.4 is 15.8 Å². The molecule has 1 aromatic carbocycles. The zero-order valence-corrected chi connectivity index (χ0v) is 7.36. The van der Waals surface area contributed by atoms with Crippen molar-refractivity contribution in [3.63, 3.8) is 0 Å². The van der Waals surface area contributed by atoms with Crippen LogP contribution in [0.1, 0.15) is 0 Å². The Labute approximate surface area is 80.5 Å². The van der Waals surface area contributed by atoms with Gasteiger partial charge in [0.1, 0.15) is 5.75 Å². The van der Waals surface area contributed by atoms with Crippen molar-refractivity contribution in [2.75, 3.05) is 17.6 Å². The van der Waals surface area contributed by atoms with Gasteiger partial charge in [-0.1, -0.05) is 0 Å². The first kappa shape index (κ1) is 8.68. The maximum absolute atomic E-state index is 10.7. The van der Waals surface area contributed by atoms with E-state index in [-0.39, 0.29) is 6.54 Å². The molecule has 0 aromatic heterocycles. The fourth-order valence-corrected chi connectivity index (χ4v) is 1.32. The molecule has 0 amide bonds. The van der Waals surface area contributed by atoms with Crippen molar-refractivity contribution in [2.24, 2.45) is 0 Å². The third kappa shape index (κ3) is 1.44. The Kier molecular flexibility index (Phi) is 1.92. The number of hydrogen-bond donors (Lipinski definition) is 3. The first-order valence-corrected chi connectivity index (χ1v) is 4.19. The number of benzene rings is 1. The summed E-state index contributed by atoms with van der Waals surface area (Å²) in [5.74, 6) is -0.491. The van der Waals surface area contributed by atoms with Gasteiger partial charge in [-0.05, 0) is 12.1 Å². The van der Waals surface area contributed by atoms with Gasteiger partial charge in [0, 0.05) is 11.8 Å². The molecule has 0 bridgehead atoms. The molecule has 74 valence electrons. The van der Waals surface area contributed by atoms with Gasteiger partial charge < -0.3 is 20.9 Å². The molecular weight excluding hydrogens is 184 g/mol. The average molecular weight is 194 g/mol. The summed E-state index contributed by atoms with van der Waals surface area (Å²) in [5.41, 5.74) is 6.88. The lowest BCUT2D eigenvalue weighted by Crippen LogP contribution is -2.37. The molecular formula is C9H10N2O3. The fraction of sp³-hybridized carbons (Fsp3) is 0.222. The van der Waals surface area contributed by atoms with Gasteiger partial charge in [-0.25, -0.2) is 4.79 Å². The number of carboxylic acids is 1. The molecule has 0 radical (unpaired) electrons. The van der Waals surface area contributed by atoms with Crippen LogP contribution in [0.2, 0.25) is 0 Å². The molecule has 0 fully saturated rings. The lowest BCUT2D eigenvalue weighted by Gasteiger charge is -2.24. The lowest BCUT2D eigenvalue weighted by atomic mass is 10.2. The summed E-state index contributed by atoms with van der Waals surface area (Å²) in [5, 5.41) is 11.7. The van der Waals surface area contributed by atoms with Gasteiger partial charge in [0.25, 0.3) is 0 Å². The van der Waals surface area contributed by atoms with E-state index in [2.05, 4.69) is 5.32 Å². The second-order valence-electron chi connectivity index (χ2n) is 3.08. The Hall–Kier alpha value is -1.91. The highest BCUT2D eigenvalue weighted by molar-refractivity contribution is 5.76. The zero-order valence-electron chi connectivity index (χ0n) is 7.36. The monoisotopic (exact) mass is 194 g/mol. The summed E-state index contributed by atoms with van der Waals surface area (Å²) < 4.78 is 5.23. The van der Waals surface area contributed by atoms with E-state index >= 15 is 0 Å². The maximum Gasteiger partial charge on any atom is 0.346 e. The number of nitrogens with two attached hydrogens (primary N) is 1. The molecule has 0 saturated carbocycles. The fourth-order valence-electron chi connectivity index (χ4n) is 1.32. The smallest absolute Gasteiger partial charge is 0.346 e. The highest BCUT2D eigenvalue weighted by Crippen LogP contribution is 2.30. The number of ether oxygens (including phenoxy) is 1. The van der Waals surface area contributed by atoms with Crippen LogP contribution in [0, 0.1) is 0 Å². The number of nitrogens with one attached hydrogen (secondary N) is 1. The molecule has 14 heavy (non-hydrogen) atoms. The number of rotatable bonds is 1. The third-order valence-corrected chi connectivity index (χ3v) is 2.03. The molecule has 5 heteroatoms. The SMILES string of the molecule is Nc1ccc2c(c1)OC(C(=O)O)CN2. The van der Waals surface area contributed by atoms with E-state index < -0.39 is 12.1 Å². The largest absolute Gasteiger partial charge is 0.478 e. The van der Waals surface area contributed by atoms with E-state index in [1.807, 2.05) is 0 Å². The van der Waals surface area contributed by atoms with E-state index in [0.29, 0.717) is 11.4 Å². The first-order chi connectivity index (χ1) is 6.66. The Morgan fingerprint density at radius 1 is 1.64 bits per heavy atom. The molecule has 2 rings (SSSR count). The van der Waals surface area contributed by atoms with Gasteiger partial charge in [-0.2, -0.15) is 0 Å². The second kappa shape index (κ2) is 3.10. The highest BCUT2D eigenvalue weighted by atomic mass is 16.5. The van der Waals surface area contributed by atoms with Crippen molar-refractivity contribution < 1.29 is 14.6 Å². The Bertz CT molecular complexity index is 378. The number of aliphatic carboxylic acids is 1. The lowest BCUT2D eigenvalue weighted by molar-refractivity contribution is -0.144. The third-order valence-electron chi connectivity index (χ3n) is 2.03. The number of carboxylic acid groups (broad SMARTS) is 1. The van der Waals surface area contributed by atoms with Gasteiger partial charge >= 0.3 is 5.97 Å². The molecule has 1 heterocycles. The van der Waals surface area contributed by atoms with Gasteiger partial charge in [-0.3, -0.25) is 0 Å². The molecule has 1 aliphatic rings.